The maximum Gasteiger partial charge on any atom is 0.103 e. The number of hydrogen-bond donors (Lipinski definition) is 3. The minimum absolute atomic E-state index is 0.276. The van der Waals surface area contributed by atoms with Gasteiger partial charge in [0.2, 0.25) is 0 Å². The summed E-state index contributed by atoms with van der Waals surface area (Å²) in [6.07, 6.45) is -0.200. The van der Waals surface area contributed by atoms with Gasteiger partial charge in [-0.25, -0.2) is 0 Å². The topological polar surface area (TPSA) is 73.1 Å². The Morgan fingerprint density at radius 2 is 2.00 bits per heavy atom. The molecule has 0 aromatic heterocycles. The SMILES string of the molecule is C/N=C/C[C@H](O)[C@H](O)CO. The van der Waals surface area contributed by atoms with E-state index >= 15 is 0 Å². The van der Waals surface area contributed by atoms with Crippen LogP contribution in [0.3, 0.4) is 0 Å². The van der Waals surface area contributed by atoms with E-state index in [1.807, 2.05) is 0 Å². The van der Waals surface area contributed by atoms with Gasteiger partial charge in [0.05, 0.1) is 12.7 Å². The Kier molecular flexibility index (Phi) is 5.10. The van der Waals surface area contributed by atoms with Crippen molar-refractivity contribution in [2.75, 3.05) is 13.7 Å². The summed E-state index contributed by atoms with van der Waals surface area (Å²) in [4.78, 5) is 3.61. The number of nitrogens with zero attached hydrogens (tertiary/aromatic N) is 1. The summed E-state index contributed by atoms with van der Waals surface area (Å²) in [6, 6.07) is 0. The van der Waals surface area contributed by atoms with E-state index in [0.29, 0.717) is 0 Å². The van der Waals surface area contributed by atoms with Crippen molar-refractivity contribution in [1.82, 2.24) is 0 Å². The van der Waals surface area contributed by atoms with Crippen LogP contribution in [0.4, 0.5) is 0 Å². The van der Waals surface area contributed by atoms with Gasteiger partial charge in [-0.05, 0) is 0 Å². The van der Waals surface area contributed by atoms with Crippen LogP contribution in [0.15, 0.2) is 4.99 Å². The molecular weight excluding hydrogens is 134 g/mol. The molecule has 2 atom stereocenters. The lowest BCUT2D eigenvalue weighted by Gasteiger charge is -2.12. The van der Waals surface area contributed by atoms with E-state index in [0.717, 1.165) is 0 Å². The quantitative estimate of drug-likeness (QED) is 0.437. The fourth-order valence-electron chi connectivity index (χ4n) is 0.492. The van der Waals surface area contributed by atoms with Crippen molar-refractivity contribution in [2.24, 2.45) is 4.99 Å². The fourth-order valence-corrected chi connectivity index (χ4v) is 0.492. The molecule has 0 heterocycles. The number of aliphatic hydroxyl groups is 3. The van der Waals surface area contributed by atoms with E-state index in [2.05, 4.69) is 4.99 Å². The minimum atomic E-state index is -1.06. The molecule has 4 heteroatoms. The first kappa shape index (κ1) is 9.55. The molecular formula is C6H13NO3. The number of aliphatic imine (C=N–C) groups is 1. The van der Waals surface area contributed by atoms with Gasteiger partial charge in [0.1, 0.15) is 6.10 Å². The fraction of sp³-hybridized carbons (Fsp3) is 0.833. The summed E-state index contributed by atoms with van der Waals surface area (Å²) < 4.78 is 0. The van der Waals surface area contributed by atoms with Crippen LogP contribution in [-0.2, 0) is 0 Å². The molecule has 4 nitrogen and oxygen atoms in total. The molecule has 60 valence electrons. The van der Waals surface area contributed by atoms with Crippen LogP contribution >= 0.6 is 0 Å². The third kappa shape index (κ3) is 3.55. The van der Waals surface area contributed by atoms with Crippen LogP contribution in [0.2, 0.25) is 0 Å². The summed E-state index contributed by atoms with van der Waals surface area (Å²) in [5.74, 6) is 0. The number of hydrogen-bond acceptors (Lipinski definition) is 4. The Hall–Kier alpha value is -0.450. The summed E-state index contributed by atoms with van der Waals surface area (Å²) in [5, 5.41) is 26.1. The first-order chi connectivity index (χ1) is 4.72. The van der Waals surface area contributed by atoms with Gasteiger partial charge in [0.25, 0.3) is 0 Å². The summed E-state index contributed by atoms with van der Waals surface area (Å²) in [5.41, 5.74) is 0. The largest absolute Gasteiger partial charge is 0.394 e. The van der Waals surface area contributed by atoms with E-state index in [1.54, 1.807) is 7.05 Å². The predicted molar refractivity (Wildman–Crippen MR) is 38.1 cm³/mol. The van der Waals surface area contributed by atoms with Gasteiger partial charge < -0.3 is 20.3 Å². The average Bonchev–Trinajstić information content (AvgIpc) is 1.98. The van der Waals surface area contributed by atoms with Gasteiger partial charge in [-0.15, -0.1) is 0 Å². The lowest BCUT2D eigenvalue weighted by Crippen LogP contribution is -2.29. The molecule has 0 aromatic carbocycles. The monoisotopic (exact) mass is 147 g/mol. The van der Waals surface area contributed by atoms with Gasteiger partial charge in [-0.2, -0.15) is 0 Å². The normalized spacial score (nSPS) is 17.6. The first-order valence-corrected chi connectivity index (χ1v) is 3.10. The highest BCUT2D eigenvalue weighted by Gasteiger charge is 2.12. The van der Waals surface area contributed by atoms with E-state index < -0.39 is 18.8 Å². The Bertz CT molecular complexity index is 105. The van der Waals surface area contributed by atoms with Gasteiger partial charge >= 0.3 is 0 Å². The Balaban J connectivity index is 3.50. The lowest BCUT2D eigenvalue weighted by molar-refractivity contribution is -0.00945. The lowest BCUT2D eigenvalue weighted by atomic mass is 10.1. The zero-order valence-electron chi connectivity index (χ0n) is 5.94. The Labute approximate surface area is 59.8 Å². The highest BCUT2D eigenvalue weighted by Crippen LogP contribution is 1.95. The van der Waals surface area contributed by atoms with Crippen LogP contribution in [0.5, 0.6) is 0 Å². The molecule has 0 aliphatic carbocycles. The van der Waals surface area contributed by atoms with Crippen LogP contribution < -0.4 is 0 Å². The van der Waals surface area contributed by atoms with E-state index in [9.17, 15) is 0 Å². The molecule has 0 aromatic rings. The van der Waals surface area contributed by atoms with Crippen LogP contribution in [0, 0.1) is 0 Å². The molecule has 0 spiro atoms. The molecule has 3 N–H and O–H groups in total. The molecule has 0 saturated carbocycles. The summed E-state index contributed by atoms with van der Waals surface area (Å²) in [7, 11) is 1.58. The molecule has 0 bridgehead atoms. The van der Waals surface area contributed by atoms with Crippen molar-refractivity contribution in [3.05, 3.63) is 0 Å². The highest BCUT2D eigenvalue weighted by molar-refractivity contribution is 5.57. The second-order valence-electron chi connectivity index (χ2n) is 1.99. The third-order valence-corrected chi connectivity index (χ3v) is 1.16. The van der Waals surface area contributed by atoms with Crippen molar-refractivity contribution in [2.45, 2.75) is 18.6 Å². The van der Waals surface area contributed by atoms with Crippen LogP contribution in [0.25, 0.3) is 0 Å². The second-order valence-corrected chi connectivity index (χ2v) is 1.99. The zero-order valence-corrected chi connectivity index (χ0v) is 5.94. The molecule has 0 saturated heterocycles. The Morgan fingerprint density at radius 1 is 1.40 bits per heavy atom. The zero-order chi connectivity index (χ0) is 7.98. The van der Waals surface area contributed by atoms with Crippen LogP contribution in [-0.4, -0.2) is 47.4 Å². The molecule has 0 radical (unpaired) electrons. The highest BCUT2D eigenvalue weighted by atomic mass is 16.4. The van der Waals surface area contributed by atoms with Gasteiger partial charge in [0, 0.05) is 19.7 Å². The summed E-state index contributed by atoms with van der Waals surface area (Å²) >= 11 is 0. The van der Waals surface area contributed by atoms with Gasteiger partial charge in [-0.3, -0.25) is 0 Å². The van der Waals surface area contributed by atoms with Crippen molar-refractivity contribution < 1.29 is 15.3 Å². The van der Waals surface area contributed by atoms with E-state index in [4.69, 9.17) is 15.3 Å². The van der Waals surface area contributed by atoms with Crippen molar-refractivity contribution >= 4 is 6.21 Å². The van der Waals surface area contributed by atoms with E-state index in [1.165, 1.54) is 6.21 Å². The van der Waals surface area contributed by atoms with Crippen molar-refractivity contribution in [3.63, 3.8) is 0 Å². The van der Waals surface area contributed by atoms with Crippen LogP contribution in [0.1, 0.15) is 6.42 Å². The maximum absolute atomic E-state index is 8.95. The summed E-state index contributed by atoms with van der Waals surface area (Å²) in [6.45, 7) is -0.418. The predicted octanol–water partition coefficient (Wildman–Crippen LogP) is -1.21. The third-order valence-electron chi connectivity index (χ3n) is 1.16. The molecule has 0 amide bonds. The van der Waals surface area contributed by atoms with Crippen molar-refractivity contribution in [3.8, 4) is 0 Å². The minimum Gasteiger partial charge on any atom is -0.394 e. The average molecular weight is 147 g/mol. The molecule has 0 fully saturated rings. The molecule has 10 heavy (non-hydrogen) atoms. The van der Waals surface area contributed by atoms with Gasteiger partial charge in [0.15, 0.2) is 0 Å². The maximum atomic E-state index is 8.95. The van der Waals surface area contributed by atoms with E-state index in [-0.39, 0.29) is 6.42 Å². The van der Waals surface area contributed by atoms with Crippen molar-refractivity contribution in [1.29, 1.82) is 0 Å². The number of rotatable bonds is 4. The second kappa shape index (κ2) is 5.34. The molecule has 0 rings (SSSR count). The molecule has 0 aliphatic heterocycles. The van der Waals surface area contributed by atoms with Gasteiger partial charge in [-0.1, -0.05) is 0 Å². The number of aliphatic hydroxyl groups excluding tert-OH is 3. The molecule has 0 aliphatic rings. The standard InChI is InChI=1S/C6H13NO3/c1-7-3-2-5(9)6(10)4-8/h3,5-6,8-10H,2,4H2,1H3/b7-3+/t5-,6+/m0/s1. The first-order valence-electron chi connectivity index (χ1n) is 3.10. The smallest absolute Gasteiger partial charge is 0.103 e. The Morgan fingerprint density at radius 3 is 2.40 bits per heavy atom. The molecule has 0 unspecified atom stereocenters.